The van der Waals surface area contributed by atoms with Gasteiger partial charge in [0.1, 0.15) is 0 Å². The summed E-state index contributed by atoms with van der Waals surface area (Å²) in [5.41, 5.74) is 3.04. The Morgan fingerprint density at radius 1 is 1.13 bits per heavy atom. The van der Waals surface area contributed by atoms with Crippen molar-refractivity contribution in [1.82, 2.24) is 5.32 Å². The van der Waals surface area contributed by atoms with Gasteiger partial charge in [0.25, 0.3) is 0 Å². The lowest BCUT2D eigenvalue weighted by molar-refractivity contribution is -0.136. The van der Waals surface area contributed by atoms with Crippen LogP contribution in [0.5, 0.6) is 0 Å². The van der Waals surface area contributed by atoms with Crippen molar-refractivity contribution in [1.29, 1.82) is 0 Å². The van der Waals surface area contributed by atoms with Crippen molar-refractivity contribution in [2.75, 3.05) is 0 Å². The molecular weight excluding hydrogens is 192 g/mol. The minimum atomic E-state index is -0.737. The molecule has 2 amide bonds. The van der Waals surface area contributed by atoms with E-state index in [1.807, 2.05) is 30.3 Å². The molecule has 0 spiro atoms. The standard InChI is InChI=1S/C11H6N2O2/c14-10-11(15)13-9-7-4-2-1-3-6(7)5-8(9)12-10/h1-5H,(H,12,14). The molecule has 0 radical (unpaired) electrons. The van der Waals surface area contributed by atoms with Gasteiger partial charge in [-0.05, 0) is 11.6 Å². The minimum absolute atomic E-state index is 0.565. The van der Waals surface area contributed by atoms with Gasteiger partial charge < -0.3 is 5.32 Å². The van der Waals surface area contributed by atoms with Crippen molar-refractivity contribution in [3.63, 3.8) is 0 Å². The average molecular weight is 198 g/mol. The summed E-state index contributed by atoms with van der Waals surface area (Å²) in [6.07, 6.45) is 1.82. The maximum Gasteiger partial charge on any atom is 0.335 e. The van der Waals surface area contributed by atoms with Gasteiger partial charge in [-0.2, -0.15) is 0 Å². The number of allylic oxidation sites excluding steroid dienone is 1. The smallest absolute Gasteiger partial charge is 0.316 e. The molecule has 2 aliphatic rings. The molecule has 15 heavy (non-hydrogen) atoms. The number of nitrogens with zero attached hydrogens (tertiary/aromatic N) is 1. The van der Waals surface area contributed by atoms with Gasteiger partial charge in [0, 0.05) is 5.56 Å². The van der Waals surface area contributed by atoms with Crippen molar-refractivity contribution >= 4 is 23.6 Å². The molecule has 0 atom stereocenters. The molecule has 0 saturated heterocycles. The molecule has 1 heterocycles. The van der Waals surface area contributed by atoms with Crippen LogP contribution in [0.25, 0.3) is 6.08 Å². The molecule has 4 heteroatoms. The third-order valence-corrected chi connectivity index (χ3v) is 2.43. The van der Waals surface area contributed by atoms with E-state index in [1.165, 1.54) is 0 Å². The summed E-state index contributed by atoms with van der Waals surface area (Å²) in [7, 11) is 0. The SMILES string of the molecule is O=C1N=C2C(=Cc3ccccc32)NC1=O. The van der Waals surface area contributed by atoms with Crippen molar-refractivity contribution in [3.05, 3.63) is 41.1 Å². The fourth-order valence-electron chi connectivity index (χ4n) is 1.75. The lowest BCUT2D eigenvalue weighted by Crippen LogP contribution is -2.36. The Morgan fingerprint density at radius 2 is 1.93 bits per heavy atom. The number of carbonyl (C=O) groups excluding carboxylic acids is 2. The predicted molar refractivity (Wildman–Crippen MR) is 54.1 cm³/mol. The van der Waals surface area contributed by atoms with Crippen molar-refractivity contribution in [2.45, 2.75) is 0 Å². The third kappa shape index (κ3) is 1.05. The maximum atomic E-state index is 11.1. The van der Waals surface area contributed by atoms with E-state index in [1.54, 1.807) is 0 Å². The summed E-state index contributed by atoms with van der Waals surface area (Å²) in [5.74, 6) is -1.41. The lowest BCUT2D eigenvalue weighted by Gasteiger charge is -2.11. The molecule has 72 valence electrons. The van der Waals surface area contributed by atoms with E-state index in [2.05, 4.69) is 10.3 Å². The number of fused-ring (bicyclic) bond motifs is 3. The molecule has 0 saturated carbocycles. The van der Waals surface area contributed by atoms with Crippen LogP contribution in [0.3, 0.4) is 0 Å². The van der Waals surface area contributed by atoms with Gasteiger partial charge in [-0.25, -0.2) is 4.99 Å². The zero-order valence-corrected chi connectivity index (χ0v) is 7.65. The second-order valence-corrected chi connectivity index (χ2v) is 3.36. The van der Waals surface area contributed by atoms with E-state index < -0.39 is 11.8 Å². The molecule has 1 aliphatic carbocycles. The Bertz CT molecular complexity index is 555. The molecule has 1 aromatic carbocycles. The van der Waals surface area contributed by atoms with E-state index in [0.717, 1.165) is 11.1 Å². The van der Waals surface area contributed by atoms with Gasteiger partial charge in [-0.1, -0.05) is 24.3 Å². The Hall–Kier alpha value is -2.23. The summed E-state index contributed by atoms with van der Waals surface area (Å²) >= 11 is 0. The molecular formula is C11H6N2O2. The van der Waals surface area contributed by atoms with Gasteiger partial charge in [0.05, 0.1) is 11.4 Å². The normalized spacial score (nSPS) is 17.6. The van der Waals surface area contributed by atoms with Crippen molar-refractivity contribution in [2.24, 2.45) is 4.99 Å². The topological polar surface area (TPSA) is 58.5 Å². The highest BCUT2D eigenvalue weighted by molar-refractivity contribution is 6.44. The molecule has 0 fully saturated rings. The molecule has 0 bridgehead atoms. The van der Waals surface area contributed by atoms with Crippen LogP contribution in [0.4, 0.5) is 0 Å². The zero-order chi connectivity index (χ0) is 10.4. The van der Waals surface area contributed by atoms with Crippen LogP contribution in [0.2, 0.25) is 0 Å². The highest BCUT2D eigenvalue weighted by Gasteiger charge is 2.29. The van der Waals surface area contributed by atoms with Crippen LogP contribution in [0.1, 0.15) is 11.1 Å². The largest absolute Gasteiger partial charge is 0.335 e. The quantitative estimate of drug-likeness (QED) is 0.616. The first-order valence-electron chi connectivity index (χ1n) is 4.51. The number of hydrogen-bond acceptors (Lipinski definition) is 2. The number of amides is 2. The maximum absolute atomic E-state index is 11.1. The summed E-state index contributed by atoms with van der Waals surface area (Å²) in [4.78, 5) is 26.0. The summed E-state index contributed by atoms with van der Waals surface area (Å²) < 4.78 is 0. The minimum Gasteiger partial charge on any atom is -0.316 e. The fraction of sp³-hybridized carbons (Fsp3) is 0. The summed E-state index contributed by atoms with van der Waals surface area (Å²) in [6.45, 7) is 0. The Labute approximate surface area is 85.3 Å². The number of aliphatic imine (C=N–C) groups is 1. The molecule has 1 aromatic rings. The van der Waals surface area contributed by atoms with E-state index >= 15 is 0 Å². The van der Waals surface area contributed by atoms with E-state index in [9.17, 15) is 9.59 Å². The zero-order valence-electron chi connectivity index (χ0n) is 7.65. The molecule has 4 nitrogen and oxygen atoms in total. The Morgan fingerprint density at radius 3 is 2.80 bits per heavy atom. The van der Waals surface area contributed by atoms with Crippen LogP contribution in [0, 0.1) is 0 Å². The molecule has 0 aromatic heterocycles. The van der Waals surface area contributed by atoms with Crippen LogP contribution in [0.15, 0.2) is 35.0 Å². The van der Waals surface area contributed by atoms with E-state index in [0.29, 0.717) is 11.4 Å². The van der Waals surface area contributed by atoms with Crippen LogP contribution >= 0.6 is 0 Å². The van der Waals surface area contributed by atoms with Gasteiger partial charge >= 0.3 is 11.8 Å². The Kier molecular flexibility index (Phi) is 1.42. The highest BCUT2D eigenvalue weighted by atomic mass is 16.2. The lowest BCUT2D eigenvalue weighted by atomic mass is 10.1. The Balaban J connectivity index is 2.24. The molecule has 1 N–H and O–H groups in total. The number of rotatable bonds is 0. The van der Waals surface area contributed by atoms with Crippen LogP contribution < -0.4 is 5.32 Å². The van der Waals surface area contributed by atoms with Gasteiger partial charge in [0.15, 0.2) is 0 Å². The molecule has 0 unspecified atom stereocenters. The van der Waals surface area contributed by atoms with Crippen molar-refractivity contribution < 1.29 is 9.59 Å². The van der Waals surface area contributed by atoms with Gasteiger partial charge in [0.2, 0.25) is 0 Å². The molecule has 3 rings (SSSR count). The average Bonchev–Trinajstić information content (AvgIpc) is 2.57. The van der Waals surface area contributed by atoms with E-state index in [4.69, 9.17) is 0 Å². The third-order valence-electron chi connectivity index (χ3n) is 2.43. The monoisotopic (exact) mass is 198 g/mol. The first kappa shape index (κ1) is 8.11. The highest BCUT2D eigenvalue weighted by Crippen LogP contribution is 2.25. The van der Waals surface area contributed by atoms with Gasteiger partial charge in [-0.15, -0.1) is 0 Å². The predicted octanol–water partition coefficient (Wildman–Crippen LogP) is 0.487. The number of carbonyl (C=O) groups is 2. The van der Waals surface area contributed by atoms with Crippen LogP contribution in [-0.2, 0) is 9.59 Å². The number of hydrogen-bond donors (Lipinski definition) is 1. The summed E-state index contributed by atoms with van der Waals surface area (Å²) in [6, 6.07) is 7.57. The number of benzene rings is 1. The molecule has 1 aliphatic heterocycles. The van der Waals surface area contributed by atoms with E-state index in [-0.39, 0.29) is 0 Å². The second-order valence-electron chi connectivity index (χ2n) is 3.36. The fourth-order valence-corrected chi connectivity index (χ4v) is 1.75. The summed E-state index contributed by atoms with van der Waals surface area (Å²) in [5, 5.41) is 2.52. The first-order chi connectivity index (χ1) is 7.25. The first-order valence-corrected chi connectivity index (χ1v) is 4.51. The number of nitrogens with one attached hydrogen (secondary N) is 1. The van der Waals surface area contributed by atoms with Crippen LogP contribution in [-0.4, -0.2) is 17.5 Å². The second kappa shape index (κ2) is 2.63. The van der Waals surface area contributed by atoms with Crippen molar-refractivity contribution in [3.8, 4) is 0 Å². The van der Waals surface area contributed by atoms with Gasteiger partial charge in [-0.3, -0.25) is 9.59 Å².